The minimum absolute atomic E-state index is 0.118. The van der Waals surface area contributed by atoms with Crippen molar-refractivity contribution in [1.29, 1.82) is 0 Å². The molecule has 1 aromatic carbocycles. The fraction of sp³-hybridized carbons (Fsp3) is 0.471. The molecule has 0 aromatic heterocycles. The molecule has 0 aliphatic carbocycles. The number of hydrogen-bond donors (Lipinski definition) is 0. The number of halogens is 1. The fourth-order valence-corrected chi connectivity index (χ4v) is 2.77. The quantitative estimate of drug-likeness (QED) is 0.576. The maximum absolute atomic E-state index is 12.2. The number of hydrogen-bond acceptors (Lipinski definition) is 3. The fourth-order valence-electron chi connectivity index (χ4n) is 2.27. The Morgan fingerprint density at radius 1 is 1.38 bits per heavy atom. The van der Waals surface area contributed by atoms with Crippen LogP contribution in [0.4, 0.5) is 0 Å². The second-order valence-corrected chi connectivity index (χ2v) is 6.19. The Balaban J connectivity index is 2.10. The van der Waals surface area contributed by atoms with Crippen LogP contribution in [0.1, 0.15) is 44.8 Å². The predicted molar refractivity (Wildman–Crippen MR) is 86.2 cm³/mol. The molecule has 0 spiro atoms. The van der Waals surface area contributed by atoms with Crippen molar-refractivity contribution in [3.63, 3.8) is 0 Å². The molecule has 0 bridgehead atoms. The zero-order valence-corrected chi connectivity index (χ0v) is 14.1. The highest BCUT2D eigenvalue weighted by Crippen LogP contribution is 2.37. The lowest BCUT2D eigenvalue weighted by molar-refractivity contribution is -0.159. The number of rotatable bonds is 5. The van der Waals surface area contributed by atoms with Crippen LogP contribution in [0.5, 0.6) is 0 Å². The molecule has 0 amide bonds. The van der Waals surface area contributed by atoms with Crippen LogP contribution in [0.15, 0.2) is 40.4 Å². The number of ether oxygens (including phenoxy) is 2. The van der Waals surface area contributed by atoms with Gasteiger partial charge in [-0.3, -0.25) is 0 Å². The standard InChI is InChI=1S/C17H21BrO3/c1-3-4-10-20-17(19)16-12(2)14(18)11-15(21-16)13-8-6-5-7-9-13/h5-9,15-16H,3-4,10-11H2,1-2H3/t15-,16-/m1/s1. The van der Waals surface area contributed by atoms with E-state index < -0.39 is 6.10 Å². The molecule has 0 unspecified atom stereocenters. The molecule has 1 aromatic rings. The first-order chi connectivity index (χ1) is 10.1. The van der Waals surface area contributed by atoms with E-state index in [0.717, 1.165) is 34.9 Å². The van der Waals surface area contributed by atoms with Crippen LogP contribution in [0, 0.1) is 0 Å². The number of carbonyl (C=O) groups excluding carboxylic acids is 1. The van der Waals surface area contributed by atoms with Gasteiger partial charge in [0.2, 0.25) is 0 Å². The van der Waals surface area contributed by atoms with Gasteiger partial charge in [0.1, 0.15) is 0 Å². The minimum Gasteiger partial charge on any atom is -0.464 e. The van der Waals surface area contributed by atoms with E-state index >= 15 is 0 Å². The molecular formula is C17H21BrO3. The van der Waals surface area contributed by atoms with Crippen molar-refractivity contribution in [2.75, 3.05) is 6.61 Å². The third-order valence-corrected chi connectivity index (χ3v) is 4.56. The van der Waals surface area contributed by atoms with E-state index in [1.54, 1.807) is 0 Å². The molecule has 0 N–H and O–H groups in total. The van der Waals surface area contributed by atoms with Gasteiger partial charge in [-0.2, -0.15) is 0 Å². The molecule has 4 heteroatoms. The van der Waals surface area contributed by atoms with E-state index in [4.69, 9.17) is 9.47 Å². The van der Waals surface area contributed by atoms with Crippen LogP contribution >= 0.6 is 15.9 Å². The van der Waals surface area contributed by atoms with Gasteiger partial charge in [0.05, 0.1) is 12.7 Å². The Morgan fingerprint density at radius 2 is 2.10 bits per heavy atom. The van der Waals surface area contributed by atoms with Gasteiger partial charge in [-0.1, -0.05) is 59.6 Å². The van der Waals surface area contributed by atoms with Gasteiger partial charge in [-0.15, -0.1) is 0 Å². The lowest BCUT2D eigenvalue weighted by Gasteiger charge is -2.30. The van der Waals surface area contributed by atoms with Gasteiger partial charge in [0.25, 0.3) is 0 Å². The molecular weight excluding hydrogens is 332 g/mol. The lowest BCUT2D eigenvalue weighted by Crippen LogP contribution is -2.33. The van der Waals surface area contributed by atoms with E-state index in [9.17, 15) is 4.79 Å². The van der Waals surface area contributed by atoms with Gasteiger partial charge < -0.3 is 9.47 Å². The summed E-state index contributed by atoms with van der Waals surface area (Å²) in [6.07, 6.45) is 1.89. The second kappa shape index (κ2) is 7.76. The first kappa shape index (κ1) is 16.2. The summed E-state index contributed by atoms with van der Waals surface area (Å²) in [5.41, 5.74) is 1.98. The third kappa shape index (κ3) is 4.17. The largest absolute Gasteiger partial charge is 0.464 e. The van der Waals surface area contributed by atoms with Crippen molar-refractivity contribution in [3.05, 3.63) is 46.0 Å². The Labute approximate surface area is 134 Å². The lowest BCUT2D eigenvalue weighted by atomic mass is 9.99. The summed E-state index contributed by atoms with van der Waals surface area (Å²) < 4.78 is 12.3. The van der Waals surface area contributed by atoms with Crippen LogP contribution in [0.3, 0.4) is 0 Å². The molecule has 1 aliphatic heterocycles. The Kier molecular flexibility index (Phi) is 6.00. The van der Waals surface area contributed by atoms with Crippen molar-refractivity contribution in [1.82, 2.24) is 0 Å². The summed E-state index contributed by atoms with van der Waals surface area (Å²) in [5, 5.41) is 0. The van der Waals surface area contributed by atoms with Crippen molar-refractivity contribution >= 4 is 21.9 Å². The molecule has 114 valence electrons. The van der Waals surface area contributed by atoms with Gasteiger partial charge in [-0.25, -0.2) is 4.79 Å². The van der Waals surface area contributed by atoms with Crippen LogP contribution < -0.4 is 0 Å². The summed E-state index contributed by atoms with van der Waals surface area (Å²) in [4.78, 5) is 12.2. The van der Waals surface area contributed by atoms with E-state index in [0.29, 0.717) is 6.61 Å². The molecule has 2 rings (SSSR count). The normalized spacial score (nSPS) is 22.2. The second-order valence-electron chi connectivity index (χ2n) is 5.23. The third-order valence-electron chi connectivity index (χ3n) is 3.61. The van der Waals surface area contributed by atoms with E-state index in [1.807, 2.05) is 37.3 Å². The average molecular weight is 353 g/mol. The number of carbonyl (C=O) groups is 1. The van der Waals surface area contributed by atoms with Crippen molar-refractivity contribution in [2.45, 2.75) is 45.3 Å². The summed E-state index contributed by atoms with van der Waals surface area (Å²) in [7, 11) is 0. The van der Waals surface area contributed by atoms with Crippen molar-refractivity contribution in [2.24, 2.45) is 0 Å². The monoisotopic (exact) mass is 352 g/mol. The zero-order chi connectivity index (χ0) is 15.2. The molecule has 0 saturated carbocycles. The summed E-state index contributed by atoms with van der Waals surface area (Å²) in [6.45, 7) is 4.44. The van der Waals surface area contributed by atoms with Crippen LogP contribution in [-0.4, -0.2) is 18.7 Å². The van der Waals surface area contributed by atoms with Gasteiger partial charge >= 0.3 is 5.97 Å². The first-order valence-corrected chi connectivity index (χ1v) is 8.15. The zero-order valence-electron chi connectivity index (χ0n) is 12.5. The summed E-state index contributed by atoms with van der Waals surface area (Å²) in [6, 6.07) is 9.97. The summed E-state index contributed by atoms with van der Waals surface area (Å²) in [5.74, 6) is -0.293. The highest BCUT2D eigenvalue weighted by atomic mass is 79.9. The van der Waals surface area contributed by atoms with Crippen molar-refractivity contribution < 1.29 is 14.3 Å². The maximum Gasteiger partial charge on any atom is 0.339 e. The molecule has 21 heavy (non-hydrogen) atoms. The molecule has 0 radical (unpaired) electrons. The van der Waals surface area contributed by atoms with Gasteiger partial charge in [0.15, 0.2) is 6.10 Å². The van der Waals surface area contributed by atoms with Crippen molar-refractivity contribution in [3.8, 4) is 0 Å². The molecule has 3 nitrogen and oxygen atoms in total. The molecule has 1 aliphatic rings. The molecule has 0 fully saturated rings. The molecule has 1 heterocycles. The molecule has 0 saturated heterocycles. The topological polar surface area (TPSA) is 35.5 Å². The van der Waals surface area contributed by atoms with Crippen LogP contribution in [0.25, 0.3) is 0 Å². The predicted octanol–water partition coefficient (Wildman–Crippen LogP) is 4.53. The Bertz CT molecular complexity index is 510. The SMILES string of the molecule is CCCCOC(=O)[C@@H]1O[C@@H](c2ccccc2)CC(Br)=C1C. The summed E-state index contributed by atoms with van der Waals surface area (Å²) >= 11 is 3.57. The Morgan fingerprint density at radius 3 is 2.76 bits per heavy atom. The van der Waals surface area contributed by atoms with Crippen LogP contribution in [-0.2, 0) is 14.3 Å². The maximum atomic E-state index is 12.2. The molecule has 2 atom stereocenters. The number of esters is 1. The van der Waals surface area contributed by atoms with Crippen LogP contribution in [0.2, 0.25) is 0 Å². The Hall–Kier alpha value is -1.13. The van der Waals surface area contributed by atoms with Gasteiger partial charge in [-0.05, 0) is 24.5 Å². The number of benzene rings is 1. The van der Waals surface area contributed by atoms with E-state index in [2.05, 4.69) is 22.9 Å². The van der Waals surface area contributed by atoms with E-state index in [-0.39, 0.29) is 12.1 Å². The van der Waals surface area contributed by atoms with E-state index in [1.165, 1.54) is 0 Å². The highest BCUT2D eigenvalue weighted by molar-refractivity contribution is 9.11. The first-order valence-electron chi connectivity index (χ1n) is 7.35. The number of unbranched alkanes of at least 4 members (excludes halogenated alkanes) is 1. The highest BCUT2D eigenvalue weighted by Gasteiger charge is 2.33. The smallest absolute Gasteiger partial charge is 0.339 e. The minimum atomic E-state index is -0.616. The van der Waals surface area contributed by atoms with Gasteiger partial charge in [0, 0.05) is 10.9 Å². The average Bonchev–Trinajstić information content (AvgIpc) is 2.51.